The second-order valence-electron chi connectivity index (χ2n) is 5.16. The molecule has 0 aliphatic heterocycles. The van der Waals surface area contributed by atoms with Crippen LogP contribution in [0.15, 0.2) is 18.2 Å². The number of halogens is 1. The molecule has 1 fully saturated rings. The maximum atomic E-state index is 6.09. The maximum Gasteiger partial charge on any atom is 0.122 e. The third-order valence-electron chi connectivity index (χ3n) is 3.44. The first-order valence-corrected chi connectivity index (χ1v) is 6.52. The molecule has 1 N–H and O–H groups in total. The molecule has 3 heteroatoms. The molecule has 2 rings (SSSR count). The normalized spacial score (nSPS) is 17.2. The number of benzene rings is 1. The van der Waals surface area contributed by atoms with Gasteiger partial charge >= 0.3 is 0 Å². The Balaban J connectivity index is 2.23. The minimum Gasteiger partial charge on any atom is -0.496 e. The van der Waals surface area contributed by atoms with Gasteiger partial charge in [0.15, 0.2) is 0 Å². The lowest BCUT2D eigenvalue weighted by Crippen LogP contribution is -2.32. The van der Waals surface area contributed by atoms with Gasteiger partial charge in [0, 0.05) is 28.6 Å². The Morgan fingerprint density at radius 1 is 1.41 bits per heavy atom. The Bertz CT molecular complexity index is 399. The molecule has 0 amide bonds. The molecule has 1 aromatic carbocycles. The van der Waals surface area contributed by atoms with E-state index in [1.54, 1.807) is 7.11 Å². The van der Waals surface area contributed by atoms with Crippen LogP contribution in [0.25, 0.3) is 0 Å². The van der Waals surface area contributed by atoms with E-state index < -0.39 is 0 Å². The van der Waals surface area contributed by atoms with Crippen molar-refractivity contribution < 1.29 is 4.74 Å². The first-order chi connectivity index (χ1) is 8.07. The highest BCUT2D eigenvalue weighted by molar-refractivity contribution is 6.30. The molecular weight excluding hydrogens is 234 g/mol. The van der Waals surface area contributed by atoms with Crippen molar-refractivity contribution >= 4 is 11.6 Å². The van der Waals surface area contributed by atoms with Crippen LogP contribution in [-0.2, 0) is 5.41 Å². The molecule has 1 aliphatic rings. The Morgan fingerprint density at radius 3 is 2.65 bits per heavy atom. The number of rotatable bonds is 5. The van der Waals surface area contributed by atoms with E-state index in [-0.39, 0.29) is 5.41 Å². The van der Waals surface area contributed by atoms with Gasteiger partial charge in [0.2, 0.25) is 0 Å². The molecule has 0 unspecified atom stereocenters. The van der Waals surface area contributed by atoms with Crippen LogP contribution < -0.4 is 10.1 Å². The maximum absolute atomic E-state index is 6.09. The van der Waals surface area contributed by atoms with Crippen LogP contribution in [0.1, 0.15) is 32.3 Å². The van der Waals surface area contributed by atoms with Crippen LogP contribution in [0.2, 0.25) is 5.02 Å². The summed E-state index contributed by atoms with van der Waals surface area (Å²) in [5.41, 5.74) is 1.49. The van der Waals surface area contributed by atoms with E-state index in [0.717, 1.165) is 17.3 Å². The molecule has 0 radical (unpaired) electrons. The van der Waals surface area contributed by atoms with Crippen molar-refractivity contribution in [3.63, 3.8) is 0 Å². The molecule has 1 aromatic rings. The lowest BCUT2D eigenvalue weighted by atomic mass is 9.94. The van der Waals surface area contributed by atoms with Crippen molar-refractivity contribution in [2.75, 3.05) is 13.7 Å². The predicted octanol–water partition coefficient (Wildman–Crippen LogP) is 3.38. The summed E-state index contributed by atoms with van der Waals surface area (Å²) < 4.78 is 5.45. The molecule has 1 saturated carbocycles. The summed E-state index contributed by atoms with van der Waals surface area (Å²) in [5.74, 6) is 0.956. The van der Waals surface area contributed by atoms with E-state index in [2.05, 4.69) is 25.2 Å². The summed E-state index contributed by atoms with van der Waals surface area (Å²) in [4.78, 5) is 0. The zero-order chi connectivity index (χ0) is 12.5. The second-order valence-corrected chi connectivity index (χ2v) is 5.60. The van der Waals surface area contributed by atoms with E-state index in [4.69, 9.17) is 16.3 Å². The fourth-order valence-electron chi connectivity index (χ4n) is 2.19. The molecule has 17 heavy (non-hydrogen) atoms. The minimum absolute atomic E-state index is 0.237. The summed E-state index contributed by atoms with van der Waals surface area (Å²) in [6, 6.07) is 6.41. The zero-order valence-electron chi connectivity index (χ0n) is 10.7. The van der Waals surface area contributed by atoms with Gasteiger partial charge in [0.05, 0.1) is 7.11 Å². The molecule has 0 heterocycles. The molecule has 1 aliphatic carbocycles. The highest BCUT2D eigenvalue weighted by atomic mass is 35.5. The third kappa shape index (κ3) is 2.75. The smallest absolute Gasteiger partial charge is 0.122 e. The average molecular weight is 254 g/mol. The highest BCUT2D eigenvalue weighted by Gasteiger charge is 2.45. The van der Waals surface area contributed by atoms with Gasteiger partial charge in [-0.25, -0.2) is 0 Å². The number of ether oxygens (including phenoxy) is 1. The highest BCUT2D eigenvalue weighted by Crippen LogP contribution is 2.51. The van der Waals surface area contributed by atoms with Crippen molar-refractivity contribution in [1.82, 2.24) is 5.32 Å². The largest absolute Gasteiger partial charge is 0.496 e. The average Bonchev–Trinajstić information content (AvgIpc) is 3.07. The van der Waals surface area contributed by atoms with Gasteiger partial charge in [-0.1, -0.05) is 25.4 Å². The van der Waals surface area contributed by atoms with Crippen LogP contribution in [0, 0.1) is 0 Å². The molecule has 0 spiro atoms. The molecule has 2 nitrogen and oxygen atoms in total. The molecule has 0 atom stereocenters. The monoisotopic (exact) mass is 253 g/mol. The van der Waals surface area contributed by atoms with Crippen LogP contribution in [0.4, 0.5) is 0 Å². The Hall–Kier alpha value is -0.730. The molecule has 0 aromatic heterocycles. The van der Waals surface area contributed by atoms with Gasteiger partial charge in [-0.15, -0.1) is 0 Å². The van der Waals surface area contributed by atoms with Crippen molar-refractivity contribution in [3.8, 4) is 5.75 Å². The summed E-state index contributed by atoms with van der Waals surface area (Å²) in [5, 5.41) is 4.31. The van der Waals surface area contributed by atoms with Gasteiger partial charge in [-0.3, -0.25) is 0 Å². The first kappa shape index (κ1) is 12.7. The first-order valence-electron chi connectivity index (χ1n) is 6.15. The van der Waals surface area contributed by atoms with Gasteiger partial charge in [-0.2, -0.15) is 0 Å². The molecular formula is C14H20ClNO. The lowest BCUT2D eigenvalue weighted by Gasteiger charge is -2.21. The number of methoxy groups -OCH3 is 1. The van der Waals surface area contributed by atoms with Crippen molar-refractivity contribution in [2.24, 2.45) is 0 Å². The van der Waals surface area contributed by atoms with Gasteiger partial charge in [-0.05, 0) is 31.0 Å². The van der Waals surface area contributed by atoms with Crippen molar-refractivity contribution in [2.45, 2.75) is 38.1 Å². The number of nitrogens with one attached hydrogen (secondary N) is 1. The van der Waals surface area contributed by atoms with Crippen molar-refractivity contribution in [1.29, 1.82) is 0 Å². The lowest BCUT2D eigenvalue weighted by molar-refractivity contribution is 0.400. The molecule has 94 valence electrons. The number of hydrogen-bond acceptors (Lipinski definition) is 2. The standard InChI is InChI=1S/C14H20ClNO/c1-10(2)16-9-14(6-7-14)12-8-11(15)4-5-13(12)17-3/h4-5,8,10,16H,6-7,9H2,1-3H3. The fraction of sp³-hybridized carbons (Fsp3) is 0.571. The Labute approximate surface area is 108 Å². The Morgan fingerprint density at radius 2 is 2.12 bits per heavy atom. The topological polar surface area (TPSA) is 21.3 Å². The predicted molar refractivity (Wildman–Crippen MR) is 72.1 cm³/mol. The van der Waals surface area contributed by atoms with Crippen LogP contribution in [-0.4, -0.2) is 19.7 Å². The van der Waals surface area contributed by atoms with E-state index >= 15 is 0 Å². The van der Waals surface area contributed by atoms with E-state index in [9.17, 15) is 0 Å². The van der Waals surface area contributed by atoms with E-state index in [1.807, 2.05) is 12.1 Å². The fourth-order valence-corrected chi connectivity index (χ4v) is 2.36. The summed E-state index contributed by atoms with van der Waals surface area (Å²) in [6.45, 7) is 5.35. The van der Waals surface area contributed by atoms with E-state index in [0.29, 0.717) is 6.04 Å². The quantitative estimate of drug-likeness (QED) is 0.869. The number of hydrogen-bond donors (Lipinski definition) is 1. The third-order valence-corrected chi connectivity index (χ3v) is 3.67. The van der Waals surface area contributed by atoms with Crippen molar-refractivity contribution in [3.05, 3.63) is 28.8 Å². The SMILES string of the molecule is COc1ccc(Cl)cc1C1(CNC(C)C)CC1. The summed E-state index contributed by atoms with van der Waals surface area (Å²) in [7, 11) is 1.72. The zero-order valence-corrected chi connectivity index (χ0v) is 11.5. The minimum atomic E-state index is 0.237. The van der Waals surface area contributed by atoms with Crippen LogP contribution in [0.3, 0.4) is 0 Å². The summed E-state index contributed by atoms with van der Waals surface area (Å²) >= 11 is 6.09. The van der Waals surface area contributed by atoms with E-state index in [1.165, 1.54) is 18.4 Å². The van der Waals surface area contributed by atoms with Gasteiger partial charge in [0.25, 0.3) is 0 Å². The van der Waals surface area contributed by atoms with Crippen LogP contribution in [0.5, 0.6) is 5.75 Å². The molecule has 0 bridgehead atoms. The van der Waals surface area contributed by atoms with Gasteiger partial charge in [0.1, 0.15) is 5.75 Å². The molecule has 0 saturated heterocycles. The van der Waals surface area contributed by atoms with Crippen LogP contribution >= 0.6 is 11.6 Å². The van der Waals surface area contributed by atoms with Gasteiger partial charge < -0.3 is 10.1 Å². The second kappa shape index (κ2) is 4.87. The Kier molecular flexibility index (Phi) is 3.64. The summed E-state index contributed by atoms with van der Waals surface area (Å²) in [6.07, 6.45) is 2.42.